The van der Waals surface area contributed by atoms with E-state index in [1.807, 2.05) is 35.0 Å². The van der Waals surface area contributed by atoms with E-state index in [1.165, 1.54) is 12.1 Å². The third kappa shape index (κ3) is 4.99. The van der Waals surface area contributed by atoms with E-state index in [9.17, 15) is 9.18 Å². The molecule has 0 saturated carbocycles. The topological polar surface area (TPSA) is 65.4 Å². The molecule has 32 heavy (non-hydrogen) atoms. The highest BCUT2D eigenvalue weighted by atomic mass is 19.1. The maximum atomic E-state index is 13.7. The zero-order valence-corrected chi connectivity index (χ0v) is 18.2. The first-order chi connectivity index (χ1) is 15.6. The Morgan fingerprint density at radius 2 is 2.12 bits per heavy atom. The number of hydrogen-bond donors (Lipinski definition) is 1. The number of aromatic nitrogens is 2. The molecule has 1 atom stereocenters. The van der Waals surface area contributed by atoms with Gasteiger partial charge in [0, 0.05) is 44.1 Å². The lowest BCUT2D eigenvalue weighted by atomic mass is 9.89. The Balaban J connectivity index is 1.41. The van der Waals surface area contributed by atoms with Gasteiger partial charge in [0.25, 0.3) is 5.91 Å². The Bertz CT molecular complexity index is 1030. The van der Waals surface area contributed by atoms with Crippen molar-refractivity contribution in [2.75, 3.05) is 20.3 Å². The van der Waals surface area contributed by atoms with Crippen LogP contribution in [0.1, 0.15) is 24.8 Å². The predicted molar refractivity (Wildman–Crippen MR) is 120 cm³/mol. The summed E-state index contributed by atoms with van der Waals surface area (Å²) in [4.78, 5) is 17.1. The minimum atomic E-state index is -0.840. The Hall–Kier alpha value is -3.19. The fraction of sp³-hybridized carbons (Fsp3) is 0.360. The van der Waals surface area contributed by atoms with E-state index >= 15 is 0 Å². The van der Waals surface area contributed by atoms with Crippen molar-refractivity contribution >= 4 is 5.91 Å². The normalized spacial score (nSPS) is 17.9. The molecule has 1 amide bonds. The molecule has 0 aliphatic carbocycles. The second kappa shape index (κ2) is 9.96. The van der Waals surface area contributed by atoms with Crippen LogP contribution in [0, 0.1) is 5.82 Å². The summed E-state index contributed by atoms with van der Waals surface area (Å²) in [5, 5.41) is 3.05. The molecule has 6 nitrogen and oxygen atoms in total. The quantitative estimate of drug-likeness (QED) is 0.514. The van der Waals surface area contributed by atoms with Crippen molar-refractivity contribution in [2.24, 2.45) is 0 Å². The van der Waals surface area contributed by atoms with Crippen LogP contribution in [0.25, 0.3) is 11.1 Å². The van der Waals surface area contributed by atoms with Gasteiger partial charge in [0.1, 0.15) is 11.6 Å². The number of rotatable bonds is 9. The van der Waals surface area contributed by atoms with Crippen LogP contribution in [0.4, 0.5) is 4.39 Å². The van der Waals surface area contributed by atoms with Crippen LogP contribution < -0.4 is 10.1 Å². The number of carbonyl (C=O) groups excluding carboxylic acids is 1. The van der Waals surface area contributed by atoms with Crippen LogP contribution in [0.15, 0.2) is 61.2 Å². The lowest BCUT2D eigenvalue weighted by Crippen LogP contribution is -2.48. The van der Waals surface area contributed by atoms with E-state index in [0.29, 0.717) is 37.3 Å². The van der Waals surface area contributed by atoms with Gasteiger partial charge in [-0.15, -0.1) is 0 Å². The lowest BCUT2D eigenvalue weighted by molar-refractivity contribution is -0.141. The largest absolute Gasteiger partial charge is 0.496 e. The molecule has 0 bridgehead atoms. The summed E-state index contributed by atoms with van der Waals surface area (Å²) in [6.45, 7) is 1.97. The van der Waals surface area contributed by atoms with Crippen molar-refractivity contribution in [1.82, 2.24) is 14.9 Å². The summed E-state index contributed by atoms with van der Waals surface area (Å²) in [6, 6.07) is 12.3. The standard InChI is InChI=1S/C25H28FN3O3/c1-31-23-9-8-21(26)16-22(23)20-6-4-19(5-7-20)17-25(10-2-15-32-25)24(30)28-11-3-13-29-14-12-27-18-29/h4-9,12,14,16,18H,2-3,10-11,13,15,17H2,1H3,(H,28,30)/t25-/m1/s1. The fourth-order valence-electron chi connectivity index (χ4n) is 4.18. The van der Waals surface area contributed by atoms with E-state index in [2.05, 4.69) is 10.3 Å². The van der Waals surface area contributed by atoms with Gasteiger partial charge in [0.05, 0.1) is 13.4 Å². The number of aryl methyl sites for hydroxylation is 1. The molecule has 1 fully saturated rings. The average molecular weight is 438 g/mol. The SMILES string of the molecule is COc1ccc(F)cc1-c1ccc(C[C@@]2(C(=O)NCCCn3ccnc3)CCCO2)cc1. The molecule has 168 valence electrons. The smallest absolute Gasteiger partial charge is 0.252 e. The maximum absolute atomic E-state index is 13.7. The molecular formula is C25H28FN3O3. The van der Waals surface area contributed by atoms with Crippen molar-refractivity contribution < 1.29 is 18.7 Å². The molecule has 1 N–H and O–H groups in total. The Labute approximate surface area is 187 Å². The predicted octanol–water partition coefficient (Wildman–Crippen LogP) is 4.00. The van der Waals surface area contributed by atoms with Crippen LogP contribution in [0.3, 0.4) is 0 Å². The van der Waals surface area contributed by atoms with Gasteiger partial charge in [0.2, 0.25) is 0 Å². The van der Waals surface area contributed by atoms with Gasteiger partial charge in [-0.1, -0.05) is 24.3 Å². The number of nitrogens with zero attached hydrogens (tertiary/aromatic N) is 2. The number of halogens is 1. The number of hydrogen-bond acceptors (Lipinski definition) is 4. The Morgan fingerprint density at radius 1 is 1.28 bits per heavy atom. The summed E-state index contributed by atoms with van der Waals surface area (Å²) in [5.74, 6) is 0.245. The van der Waals surface area contributed by atoms with E-state index < -0.39 is 5.60 Å². The number of benzene rings is 2. The molecule has 2 heterocycles. The maximum Gasteiger partial charge on any atom is 0.252 e. The minimum Gasteiger partial charge on any atom is -0.496 e. The molecule has 0 radical (unpaired) electrons. The third-order valence-corrected chi connectivity index (χ3v) is 5.87. The molecule has 1 saturated heterocycles. The molecule has 7 heteroatoms. The molecular weight excluding hydrogens is 409 g/mol. The highest BCUT2D eigenvalue weighted by molar-refractivity contribution is 5.86. The zero-order chi connectivity index (χ0) is 22.4. The Kier molecular flexibility index (Phi) is 6.85. The van der Waals surface area contributed by atoms with E-state index in [0.717, 1.165) is 30.5 Å². The zero-order valence-electron chi connectivity index (χ0n) is 18.2. The molecule has 1 aliphatic heterocycles. The van der Waals surface area contributed by atoms with Gasteiger partial charge in [0.15, 0.2) is 5.60 Å². The Morgan fingerprint density at radius 3 is 2.81 bits per heavy atom. The molecule has 1 aliphatic rings. The van der Waals surface area contributed by atoms with Crippen molar-refractivity contribution in [2.45, 2.75) is 37.8 Å². The van der Waals surface area contributed by atoms with Crippen LogP contribution in [-0.4, -0.2) is 41.3 Å². The molecule has 4 rings (SSSR count). The van der Waals surface area contributed by atoms with E-state index in [4.69, 9.17) is 9.47 Å². The van der Waals surface area contributed by atoms with Gasteiger partial charge in [-0.3, -0.25) is 4.79 Å². The number of carbonyl (C=O) groups is 1. The van der Waals surface area contributed by atoms with Gasteiger partial charge < -0.3 is 19.4 Å². The number of amides is 1. The van der Waals surface area contributed by atoms with Gasteiger partial charge >= 0.3 is 0 Å². The second-order valence-corrected chi connectivity index (χ2v) is 8.07. The van der Waals surface area contributed by atoms with E-state index in [1.54, 1.807) is 25.7 Å². The highest BCUT2D eigenvalue weighted by Gasteiger charge is 2.42. The number of methoxy groups -OCH3 is 1. The lowest BCUT2D eigenvalue weighted by Gasteiger charge is -2.27. The van der Waals surface area contributed by atoms with Crippen molar-refractivity contribution in [3.63, 3.8) is 0 Å². The minimum absolute atomic E-state index is 0.0588. The first-order valence-electron chi connectivity index (χ1n) is 10.9. The summed E-state index contributed by atoms with van der Waals surface area (Å²) in [6.07, 6.45) is 8.30. The summed E-state index contributed by atoms with van der Waals surface area (Å²) in [7, 11) is 1.57. The summed E-state index contributed by atoms with van der Waals surface area (Å²) < 4.78 is 27.1. The molecule has 1 aromatic heterocycles. The molecule has 0 spiro atoms. The van der Waals surface area contributed by atoms with Gasteiger partial charge in [-0.2, -0.15) is 0 Å². The molecule has 2 aromatic carbocycles. The van der Waals surface area contributed by atoms with Gasteiger partial charge in [-0.25, -0.2) is 9.37 Å². The van der Waals surface area contributed by atoms with Gasteiger partial charge in [-0.05, 0) is 48.6 Å². The van der Waals surface area contributed by atoms with Crippen LogP contribution in [0.5, 0.6) is 5.75 Å². The molecule has 0 unspecified atom stereocenters. The highest BCUT2D eigenvalue weighted by Crippen LogP contribution is 2.33. The number of imidazole rings is 1. The monoisotopic (exact) mass is 437 g/mol. The van der Waals surface area contributed by atoms with Crippen molar-refractivity contribution in [1.29, 1.82) is 0 Å². The van der Waals surface area contributed by atoms with Crippen molar-refractivity contribution in [3.8, 4) is 16.9 Å². The summed E-state index contributed by atoms with van der Waals surface area (Å²) >= 11 is 0. The van der Waals surface area contributed by atoms with Crippen LogP contribution >= 0.6 is 0 Å². The fourth-order valence-corrected chi connectivity index (χ4v) is 4.18. The van der Waals surface area contributed by atoms with Crippen LogP contribution in [-0.2, 0) is 22.5 Å². The first kappa shape index (κ1) is 22.0. The van der Waals surface area contributed by atoms with Crippen LogP contribution in [0.2, 0.25) is 0 Å². The number of nitrogens with one attached hydrogen (secondary N) is 1. The summed E-state index contributed by atoms with van der Waals surface area (Å²) in [5.41, 5.74) is 1.71. The third-order valence-electron chi connectivity index (χ3n) is 5.87. The second-order valence-electron chi connectivity index (χ2n) is 8.07. The average Bonchev–Trinajstić information content (AvgIpc) is 3.50. The number of ether oxygens (including phenoxy) is 2. The molecule has 3 aromatic rings. The van der Waals surface area contributed by atoms with E-state index in [-0.39, 0.29) is 11.7 Å². The first-order valence-corrected chi connectivity index (χ1v) is 10.9. The van der Waals surface area contributed by atoms with Crippen molar-refractivity contribution in [3.05, 3.63) is 72.6 Å².